The lowest BCUT2D eigenvalue weighted by Crippen LogP contribution is -2.23. The molecule has 78 valence electrons. The number of hydrogen-bond acceptors (Lipinski definition) is 3. The van der Waals surface area contributed by atoms with Crippen molar-refractivity contribution in [2.24, 2.45) is 5.92 Å². The van der Waals surface area contributed by atoms with Crippen molar-refractivity contribution >= 4 is 5.97 Å². The van der Waals surface area contributed by atoms with Crippen molar-refractivity contribution in [2.45, 2.75) is 46.1 Å². The number of carbonyl (C=O) groups is 1. The molecule has 3 nitrogen and oxygen atoms in total. The molecule has 3 heteroatoms. The Morgan fingerprint density at radius 3 is 2.46 bits per heavy atom. The lowest BCUT2D eigenvalue weighted by molar-refractivity contribution is -0.154. The minimum absolute atomic E-state index is 0.414. The van der Waals surface area contributed by atoms with Crippen molar-refractivity contribution in [1.82, 2.24) is 0 Å². The highest BCUT2D eigenvalue weighted by Crippen LogP contribution is 2.02. The van der Waals surface area contributed by atoms with Crippen molar-refractivity contribution in [3.05, 3.63) is 0 Å². The van der Waals surface area contributed by atoms with Gasteiger partial charge in [-0.25, -0.2) is 4.79 Å². The third-order valence-electron chi connectivity index (χ3n) is 1.77. The summed E-state index contributed by atoms with van der Waals surface area (Å²) in [5.41, 5.74) is 0. The Morgan fingerprint density at radius 1 is 1.38 bits per heavy atom. The molecule has 0 spiro atoms. The molecule has 1 N–H and O–H groups in total. The van der Waals surface area contributed by atoms with E-state index < -0.39 is 12.1 Å². The molecular weight excluding hydrogens is 168 g/mol. The lowest BCUT2D eigenvalue weighted by atomic mass is 10.1. The fourth-order valence-electron chi connectivity index (χ4n) is 0.883. The first-order chi connectivity index (χ1) is 6.07. The number of carbonyl (C=O) groups excluding carboxylic acids is 1. The van der Waals surface area contributed by atoms with Crippen molar-refractivity contribution in [2.75, 3.05) is 6.61 Å². The fourth-order valence-corrected chi connectivity index (χ4v) is 0.883. The van der Waals surface area contributed by atoms with E-state index in [-0.39, 0.29) is 0 Å². The Bertz CT molecular complexity index is 143. The summed E-state index contributed by atoms with van der Waals surface area (Å²) in [5, 5.41) is 9.21. The van der Waals surface area contributed by atoms with Gasteiger partial charge in [0, 0.05) is 0 Å². The Hall–Kier alpha value is -0.570. The van der Waals surface area contributed by atoms with E-state index in [9.17, 15) is 9.90 Å². The normalized spacial score (nSPS) is 13.0. The molecule has 0 aliphatic heterocycles. The van der Waals surface area contributed by atoms with Crippen LogP contribution in [0, 0.1) is 5.92 Å². The zero-order chi connectivity index (χ0) is 10.3. The van der Waals surface area contributed by atoms with Gasteiger partial charge >= 0.3 is 5.97 Å². The van der Waals surface area contributed by atoms with Crippen LogP contribution in [0.25, 0.3) is 0 Å². The van der Waals surface area contributed by atoms with E-state index >= 15 is 0 Å². The predicted octanol–water partition coefficient (Wildman–Crippen LogP) is 1.74. The van der Waals surface area contributed by atoms with Crippen LogP contribution in [-0.4, -0.2) is 23.8 Å². The second-order valence-electron chi connectivity index (χ2n) is 3.65. The highest BCUT2D eigenvalue weighted by Gasteiger charge is 2.14. The van der Waals surface area contributed by atoms with E-state index in [4.69, 9.17) is 4.74 Å². The highest BCUT2D eigenvalue weighted by atomic mass is 16.5. The van der Waals surface area contributed by atoms with Crippen LogP contribution in [0.2, 0.25) is 0 Å². The number of rotatable bonds is 6. The second-order valence-corrected chi connectivity index (χ2v) is 3.65. The van der Waals surface area contributed by atoms with E-state index in [2.05, 4.69) is 13.8 Å². The number of hydrogen-bond donors (Lipinski definition) is 1. The quantitative estimate of drug-likeness (QED) is 0.646. The molecule has 0 heterocycles. The molecular formula is C10H20O3. The first-order valence-corrected chi connectivity index (χ1v) is 4.92. The summed E-state index contributed by atoms with van der Waals surface area (Å²) >= 11 is 0. The van der Waals surface area contributed by atoms with Crippen molar-refractivity contribution in [3.8, 4) is 0 Å². The summed E-state index contributed by atoms with van der Waals surface area (Å²) in [6.07, 6.45) is 1.20. The van der Waals surface area contributed by atoms with Crippen molar-refractivity contribution in [3.63, 3.8) is 0 Å². The van der Waals surface area contributed by atoms with Crippen LogP contribution >= 0.6 is 0 Å². The van der Waals surface area contributed by atoms with Gasteiger partial charge in [-0.3, -0.25) is 0 Å². The third kappa shape index (κ3) is 6.58. The summed E-state index contributed by atoms with van der Waals surface area (Å²) in [5.74, 6) is 0.0404. The summed E-state index contributed by atoms with van der Waals surface area (Å²) in [4.78, 5) is 11.0. The molecule has 0 fully saturated rings. The van der Waals surface area contributed by atoms with E-state index in [1.54, 1.807) is 0 Å². The summed E-state index contributed by atoms with van der Waals surface area (Å²) < 4.78 is 4.88. The standard InChI is InChI=1S/C10H20O3/c1-4-5-9(11)10(12)13-7-6-8(2)3/h8-9,11H,4-7H2,1-3H3. The Kier molecular flexibility index (Phi) is 6.59. The fraction of sp³-hybridized carbons (Fsp3) is 0.900. The van der Waals surface area contributed by atoms with Gasteiger partial charge in [-0.2, -0.15) is 0 Å². The van der Waals surface area contributed by atoms with Crippen molar-refractivity contribution in [1.29, 1.82) is 0 Å². The van der Waals surface area contributed by atoms with Gasteiger partial charge in [0.05, 0.1) is 6.61 Å². The molecule has 0 aromatic heterocycles. The van der Waals surface area contributed by atoms with Crippen molar-refractivity contribution < 1.29 is 14.6 Å². The molecule has 0 saturated heterocycles. The molecule has 0 saturated carbocycles. The topological polar surface area (TPSA) is 46.5 Å². The van der Waals surface area contributed by atoms with E-state index in [0.717, 1.165) is 12.8 Å². The number of ether oxygens (including phenoxy) is 1. The van der Waals surface area contributed by atoms with Crippen LogP contribution in [0.5, 0.6) is 0 Å². The predicted molar refractivity (Wildman–Crippen MR) is 51.3 cm³/mol. The van der Waals surface area contributed by atoms with Gasteiger partial charge in [0.25, 0.3) is 0 Å². The lowest BCUT2D eigenvalue weighted by Gasteiger charge is -2.10. The largest absolute Gasteiger partial charge is 0.464 e. The van der Waals surface area contributed by atoms with Crippen LogP contribution < -0.4 is 0 Å². The molecule has 0 aromatic rings. The van der Waals surface area contributed by atoms with Crippen LogP contribution in [0.3, 0.4) is 0 Å². The smallest absolute Gasteiger partial charge is 0.334 e. The maximum atomic E-state index is 11.0. The number of aliphatic hydroxyl groups is 1. The van der Waals surface area contributed by atoms with Gasteiger partial charge in [0.15, 0.2) is 6.10 Å². The Labute approximate surface area is 80.1 Å². The van der Waals surface area contributed by atoms with Gasteiger partial charge in [-0.1, -0.05) is 27.2 Å². The van der Waals surface area contributed by atoms with E-state index in [1.807, 2.05) is 6.92 Å². The Balaban J connectivity index is 3.50. The molecule has 0 aliphatic carbocycles. The SMILES string of the molecule is CCCC(O)C(=O)OCCC(C)C. The minimum atomic E-state index is -0.933. The average Bonchev–Trinajstić information content (AvgIpc) is 2.04. The van der Waals surface area contributed by atoms with E-state index in [0.29, 0.717) is 18.9 Å². The first kappa shape index (κ1) is 12.4. The zero-order valence-electron chi connectivity index (χ0n) is 8.75. The van der Waals surface area contributed by atoms with Crippen LogP contribution in [0.1, 0.15) is 40.0 Å². The van der Waals surface area contributed by atoms with Crippen LogP contribution in [0.15, 0.2) is 0 Å². The third-order valence-corrected chi connectivity index (χ3v) is 1.77. The van der Waals surface area contributed by atoms with Crippen LogP contribution in [0.4, 0.5) is 0 Å². The second kappa shape index (κ2) is 6.89. The van der Waals surface area contributed by atoms with Gasteiger partial charge in [0.1, 0.15) is 0 Å². The molecule has 0 aliphatic rings. The van der Waals surface area contributed by atoms with E-state index in [1.165, 1.54) is 0 Å². The van der Waals surface area contributed by atoms with Gasteiger partial charge in [-0.15, -0.1) is 0 Å². The monoisotopic (exact) mass is 188 g/mol. The molecule has 0 amide bonds. The number of aliphatic hydroxyl groups excluding tert-OH is 1. The summed E-state index contributed by atoms with van der Waals surface area (Å²) in [6, 6.07) is 0. The molecule has 1 atom stereocenters. The molecule has 0 rings (SSSR count). The average molecular weight is 188 g/mol. The summed E-state index contributed by atoms with van der Waals surface area (Å²) in [6.45, 7) is 6.47. The maximum Gasteiger partial charge on any atom is 0.334 e. The van der Waals surface area contributed by atoms with Gasteiger partial charge in [0.2, 0.25) is 0 Å². The molecule has 0 radical (unpaired) electrons. The zero-order valence-corrected chi connectivity index (χ0v) is 8.75. The summed E-state index contributed by atoms with van der Waals surface area (Å²) in [7, 11) is 0. The number of esters is 1. The van der Waals surface area contributed by atoms with Gasteiger partial charge < -0.3 is 9.84 Å². The molecule has 0 aromatic carbocycles. The molecule has 13 heavy (non-hydrogen) atoms. The minimum Gasteiger partial charge on any atom is -0.464 e. The first-order valence-electron chi connectivity index (χ1n) is 4.92. The van der Waals surface area contributed by atoms with Gasteiger partial charge in [-0.05, 0) is 18.8 Å². The Morgan fingerprint density at radius 2 is 2.00 bits per heavy atom. The highest BCUT2D eigenvalue weighted by molar-refractivity contribution is 5.74. The maximum absolute atomic E-state index is 11.0. The van der Waals surface area contributed by atoms with Crippen LogP contribution in [-0.2, 0) is 9.53 Å². The molecule has 0 bridgehead atoms. The molecule has 1 unspecified atom stereocenters.